The minimum Gasteiger partial charge on any atom is -0.440 e. The highest BCUT2D eigenvalue weighted by molar-refractivity contribution is 7.99. The maximum Gasteiger partial charge on any atom is 0.255 e. The highest BCUT2D eigenvalue weighted by atomic mass is 32.2. The lowest BCUT2D eigenvalue weighted by molar-refractivity contribution is 0.454. The van der Waals surface area contributed by atoms with Crippen LogP contribution < -0.4 is 5.73 Å². The number of aryl methyl sites for hydroxylation is 1. The normalized spacial score (nSPS) is 12.6. The quantitative estimate of drug-likeness (QED) is 0.826. The second-order valence-electron chi connectivity index (χ2n) is 3.57. The van der Waals surface area contributed by atoms with Gasteiger partial charge in [-0.05, 0) is 18.1 Å². The Morgan fingerprint density at radius 1 is 1.44 bits per heavy atom. The van der Waals surface area contributed by atoms with Crippen molar-refractivity contribution in [3.8, 4) is 0 Å². The van der Waals surface area contributed by atoms with Crippen molar-refractivity contribution < 1.29 is 4.42 Å². The molecule has 0 aliphatic heterocycles. The lowest BCUT2D eigenvalue weighted by atomic mass is 10.0. The third-order valence-electron chi connectivity index (χ3n) is 2.38. The van der Waals surface area contributed by atoms with Gasteiger partial charge in [-0.2, -0.15) is 0 Å². The third-order valence-corrected chi connectivity index (χ3v) is 3.36. The number of thioether (sulfide) groups is 1. The van der Waals surface area contributed by atoms with Gasteiger partial charge in [0.1, 0.15) is 6.26 Å². The molecule has 1 aromatic carbocycles. The predicted molar refractivity (Wildman–Crippen MR) is 65.3 cm³/mol. The van der Waals surface area contributed by atoms with Crippen LogP contribution in [0.1, 0.15) is 17.2 Å². The highest BCUT2D eigenvalue weighted by Gasteiger charge is 2.10. The Kier molecular flexibility index (Phi) is 3.64. The molecule has 0 spiro atoms. The van der Waals surface area contributed by atoms with Gasteiger partial charge < -0.3 is 10.2 Å². The molecule has 4 heteroatoms. The number of nitrogens with two attached hydrogens (primary N) is 1. The average Bonchev–Trinajstić information content (AvgIpc) is 2.79. The second-order valence-corrected chi connectivity index (χ2v) is 4.54. The van der Waals surface area contributed by atoms with Crippen molar-refractivity contribution in [2.24, 2.45) is 5.73 Å². The molecule has 84 valence electrons. The maximum atomic E-state index is 6.12. The number of benzene rings is 1. The van der Waals surface area contributed by atoms with Gasteiger partial charge in [-0.1, -0.05) is 36.0 Å². The summed E-state index contributed by atoms with van der Waals surface area (Å²) in [5.41, 5.74) is 8.53. The molecule has 0 bridgehead atoms. The number of hydrogen-bond acceptors (Lipinski definition) is 4. The van der Waals surface area contributed by atoms with E-state index in [0.29, 0.717) is 5.22 Å². The number of aromatic nitrogens is 1. The second kappa shape index (κ2) is 5.18. The van der Waals surface area contributed by atoms with Crippen LogP contribution in [-0.2, 0) is 0 Å². The van der Waals surface area contributed by atoms with Crippen molar-refractivity contribution in [1.29, 1.82) is 0 Å². The minimum absolute atomic E-state index is 0.0121. The lowest BCUT2D eigenvalue weighted by Crippen LogP contribution is -2.14. The average molecular weight is 234 g/mol. The lowest BCUT2D eigenvalue weighted by Gasteiger charge is -2.12. The molecule has 2 N–H and O–H groups in total. The van der Waals surface area contributed by atoms with Crippen LogP contribution in [0, 0.1) is 6.92 Å². The molecule has 3 nitrogen and oxygen atoms in total. The number of nitrogens with zero attached hydrogens (tertiary/aromatic N) is 1. The summed E-state index contributed by atoms with van der Waals surface area (Å²) in [7, 11) is 0. The fraction of sp³-hybridized carbons (Fsp3) is 0.250. The molecule has 0 aliphatic carbocycles. The summed E-state index contributed by atoms with van der Waals surface area (Å²) in [6, 6.07) is 8.18. The van der Waals surface area contributed by atoms with Crippen molar-refractivity contribution in [3.05, 3.63) is 47.9 Å². The smallest absolute Gasteiger partial charge is 0.255 e. The molecule has 0 amide bonds. The predicted octanol–water partition coefficient (Wildman–Crippen LogP) is 2.78. The standard InChI is InChI=1S/C12H14N2OS/c1-9-4-2-3-5-10(9)11(13)8-16-12-14-6-7-15-12/h2-7,11H,8,13H2,1H3. The Morgan fingerprint density at radius 2 is 2.25 bits per heavy atom. The molecule has 0 aliphatic rings. The zero-order valence-corrected chi connectivity index (χ0v) is 9.91. The van der Waals surface area contributed by atoms with Gasteiger partial charge in [0, 0.05) is 11.8 Å². The zero-order chi connectivity index (χ0) is 11.4. The summed E-state index contributed by atoms with van der Waals surface area (Å²) >= 11 is 1.54. The number of hydrogen-bond donors (Lipinski definition) is 1. The Balaban J connectivity index is 1.98. The summed E-state index contributed by atoms with van der Waals surface area (Å²) in [6.07, 6.45) is 3.21. The van der Waals surface area contributed by atoms with Crippen LogP contribution in [-0.4, -0.2) is 10.7 Å². The largest absolute Gasteiger partial charge is 0.440 e. The fourth-order valence-corrected chi connectivity index (χ4v) is 2.30. The molecule has 1 atom stereocenters. The van der Waals surface area contributed by atoms with E-state index in [4.69, 9.17) is 10.2 Å². The van der Waals surface area contributed by atoms with Crippen LogP contribution in [0.4, 0.5) is 0 Å². The topological polar surface area (TPSA) is 52.0 Å². The zero-order valence-electron chi connectivity index (χ0n) is 9.09. The first-order valence-electron chi connectivity index (χ1n) is 5.11. The van der Waals surface area contributed by atoms with E-state index in [-0.39, 0.29) is 6.04 Å². The van der Waals surface area contributed by atoms with E-state index in [1.165, 1.54) is 22.9 Å². The minimum atomic E-state index is 0.0121. The molecular weight excluding hydrogens is 220 g/mol. The summed E-state index contributed by atoms with van der Waals surface area (Å²) < 4.78 is 5.15. The van der Waals surface area contributed by atoms with Crippen molar-refractivity contribution in [3.63, 3.8) is 0 Å². The molecule has 1 heterocycles. The van der Waals surface area contributed by atoms with Gasteiger partial charge in [0.15, 0.2) is 0 Å². The van der Waals surface area contributed by atoms with E-state index < -0.39 is 0 Å². The molecule has 1 aromatic heterocycles. The van der Waals surface area contributed by atoms with Gasteiger partial charge in [0.25, 0.3) is 5.22 Å². The molecule has 16 heavy (non-hydrogen) atoms. The van der Waals surface area contributed by atoms with Gasteiger partial charge in [-0.25, -0.2) is 4.98 Å². The fourth-order valence-electron chi connectivity index (χ4n) is 1.54. The molecule has 0 saturated heterocycles. The van der Waals surface area contributed by atoms with E-state index in [1.807, 2.05) is 12.1 Å². The molecule has 0 radical (unpaired) electrons. The van der Waals surface area contributed by atoms with Crippen molar-refractivity contribution in [2.75, 3.05) is 5.75 Å². The van der Waals surface area contributed by atoms with Crippen molar-refractivity contribution in [2.45, 2.75) is 18.2 Å². The van der Waals surface area contributed by atoms with E-state index in [0.717, 1.165) is 5.75 Å². The van der Waals surface area contributed by atoms with Crippen molar-refractivity contribution >= 4 is 11.8 Å². The highest BCUT2D eigenvalue weighted by Crippen LogP contribution is 2.23. The molecular formula is C12H14N2OS. The molecule has 2 aromatic rings. The summed E-state index contributed by atoms with van der Waals surface area (Å²) in [5.74, 6) is 0.769. The molecule has 0 fully saturated rings. The molecule has 1 unspecified atom stereocenters. The van der Waals surface area contributed by atoms with Crippen molar-refractivity contribution in [1.82, 2.24) is 4.98 Å². The molecule has 2 rings (SSSR count). The van der Waals surface area contributed by atoms with Crippen LogP contribution >= 0.6 is 11.8 Å². The Morgan fingerprint density at radius 3 is 2.94 bits per heavy atom. The Bertz CT molecular complexity index is 442. The number of oxazole rings is 1. The van der Waals surface area contributed by atoms with Crippen LogP contribution in [0.3, 0.4) is 0 Å². The Labute approximate surface area is 99.1 Å². The van der Waals surface area contributed by atoms with Gasteiger partial charge >= 0.3 is 0 Å². The van der Waals surface area contributed by atoms with Gasteiger partial charge in [0.2, 0.25) is 0 Å². The van der Waals surface area contributed by atoms with E-state index in [1.54, 1.807) is 12.5 Å². The summed E-state index contributed by atoms with van der Waals surface area (Å²) in [4.78, 5) is 4.05. The monoisotopic (exact) mass is 234 g/mol. The van der Waals surface area contributed by atoms with Gasteiger partial charge in [-0.3, -0.25) is 0 Å². The third kappa shape index (κ3) is 2.65. The van der Waals surface area contributed by atoms with E-state index in [2.05, 4.69) is 24.0 Å². The van der Waals surface area contributed by atoms with Crippen LogP contribution in [0.2, 0.25) is 0 Å². The van der Waals surface area contributed by atoms with E-state index in [9.17, 15) is 0 Å². The van der Waals surface area contributed by atoms with Crippen LogP contribution in [0.5, 0.6) is 0 Å². The van der Waals surface area contributed by atoms with Gasteiger partial charge in [-0.15, -0.1) is 0 Å². The van der Waals surface area contributed by atoms with Crippen LogP contribution in [0.15, 0.2) is 46.4 Å². The first-order valence-corrected chi connectivity index (χ1v) is 6.09. The number of rotatable bonds is 4. The van der Waals surface area contributed by atoms with Gasteiger partial charge in [0.05, 0.1) is 6.20 Å². The summed E-state index contributed by atoms with van der Waals surface area (Å²) in [6.45, 7) is 2.07. The SMILES string of the molecule is Cc1ccccc1C(N)CSc1ncco1. The first kappa shape index (κ1) is 11.2. The van der Waals surface area contributed by atoms with Crippen LogP contribution in [0.25, 0.3) is 0 Å². The first-order chi connectivity index (χ1) is 7.77. The Hall–Kier alpha value is -1.26. The summed E-state index contributed by atoms with van der Waals surface area (Å²) in [5, 5.41) is 0.670. The maximum absolute atomic E-state index is 6.12. The molecule has 0 saturated carbocycles. The van der Waals surface area contributed by atoms with E-state index >= 15 is 0 Å².